The fourth-order valence-corrected chi connectivity index (χ4v) is 3.42. The lowest BCUT2D eigenvalue weighted by Crippen LogP contribution is -2.37. The Morgan fingerprint density at radius 2 is 1.36 bits per heavy atom. The van der Waals surface area contributed by atoms with Gasteiger partial charge in [0, 0.05) is 8.95 Å². The summed E-state index contributed by atoms with van der Waals surface area (Å²) in [5.41, 5.74) is 4.74. The molecule has 0 spiro atoms. The van der Waals surface area contributed by atoms with E-state index in [0.29, 0.717) is 0 Å². The number of benzene rings is 3. The summed E-state index contributed by atoms with van der Waals surface area (Å²) in [5, 5.41) is 4.83. The maximum absolute atomic E-state index is 4.83. The number of hydrogen-bond acceptors (Lipinski definition) is 1. The molecule has 0 bridgehead atoms. The van der Waals surface area contributed by atoms with E-state index < -0.39 is 0 Å². The van der Waals surface area contributed by atoms with E-state index in [0.717, 1.165) is 33.1 Å². The Morgan fingerprint density at radius 1 is 0.760 bits per heavy atom. The molecule has 1 heterocycles. The van der Waals surface area contributed by atoms with Crippen LogP contribution >= 0.6 is 31.9 Å². The van der Waals surface area contributed by atoms with Crippen molar-refractivity contribution in [1.82, 2.24) is 9.90 Å². The molecule has 0 fully saturated rings. The van der Waals surface area contributed by atoms with E-state index in [4.69, 9.17) is 5.21 Å². The van der Waals surface area contributed by atoms with E-state index in [1.54, 1.807) is 0 Å². The summed E-state index contributed by atoms with van der Waals surface area (Å²) < 4.78 is 6.31. The van der Waals surface area contributed by atoms with Gasteiger partial charge < -0.3 is 0 Å². The molecule has 0 saturated heterocycles. The Labute approximate surface area is 163 Å². The topological polar surface area (TPSA) is 21.7 Å². The van der Waals surface area contributed by atoms with Gasteiger partial charge in [0.1, 0.15) is 13.1 Å². The predicted molar refractivity (Wildman–Crippen MR) is 106 cm³/mol. The summed E-state index contributed by atoms with van der Waals surface area (Å²) in [6.07, 6.45) is 0. The van der Waals surface area contributed by atoms with Gasteiger partial charge in [-0.3, -0.25) is 0 Å². The minimum atomic E-state index is 0.751. The third-order valence-electron chi connectivity index (χ3n) is 4.15. The van der Waals surface area contributed by atoms with Gasteiger partial charge in [-0.25, -0.2) is 0 Å². The molecule has 3 nitrogen and oxygen atoms in total. The lowest BCUT2D eigenvalue weighted by molar-refractivity contribution is -0.724. The van der Waals surface area contributed by atoms with Crippen molar-refractivity contribution in [3.05, 3.63) is 92.9 Å². The molecule has 0 aliphatic carbocycles. The van der Waals surface area contributed by atoms with E-state index in [1.165, 1.54) is 11.1 Å². The van der Waals surface area contributed by atoms with Crippen LogP contribution in [0.2, 0.25) is 0 Å². The Balaban J connectivity index is 1.70. The van der Waals surface area contributed by atoms with Crippen LogP contribution in [0.25, 0.3) is 11.0 Å². The summed E-state index contributed by atoms with van der Waals surface area (Å²) in [7, 11) is 0. The number of fused-ring (bicyclic) bond motifs is 1. The van der Waals surface area contributed by atoms with Gasteiger partial charge in [0.25, 0.3) is 0 Å². The summed E-state index contributed by atoms with van der Waals surface area (Å²) in [5.74, 6) is 0. The molecule has 0 saturated carbocycles. The lowest BCUT2D eigenvalue weighted by Gasteiger charge is -1.98. The van der Waals surface area contributed by atoms with Crippen LogP contribution in [0.4, 0.5) is 0 Å². The fraction of sp³-hybridized carbons (Fsp3) is 0.100. The number of rotatable bonds is 4. The first-order chi connectivity index (χ1) is 12.2. The molecule has 124 valence electrons. The average Bonchev–Trinajstić information content (AvgIpc) is 2.97. The normalized spacial score (nSPS) is 11.1. The molecule has 1 aromatic heterocycles. The second-order valence-electron chi connectivity index (χ2n) is 5.95. The van der Waals surface area contributed by atoms with Crippen LogP contribution in [-0.2, 0) is 13.1 Å². The van der Waals surface area contributed by atoms with Crippen molar-refractivity contribution in [1.29, 1.82) is 0 Å². The molecule has 0 atom stereocenters. The van der Waals surface area contributed by atoms with Gasteiger partial charge in [-0.05, 0) is 47.5 Å². The maximum atomic E-state index is 4.83. The van der Waals surface area contributed by atoms with Gasteiger partial charge in [-0.1, -0.05) is 68.3 Å². The third-order valence-corrected chi connectivity index (χ3v) is 5.20. The highest BCUT2D eigenvalue weighted by molar-refractivity contribution is 9.10. The minimum absolute atomic E-state index is 0.751. The highest BCUT2D eigenvalue weighted by Gasteiger charge is 2.18. The molecule has 0 N–H and O–H groups in total. The molecular formula is C20H16Br2N3+. The van der Waals surface area contributed by atoms with E-state index in [9.17, 15) is 0 Å². The number of para-hydroxylation sites is 2. The molecule has 4 rings (SSSR count). The lowest BCUT2D eigenvalue weighted by atomic mass is 10.2. The maximum Gasteiger partial charge on any atom is 0.198 e. The van der Waals surface area contributed by atoms with Crippen LogP contribution in [0.3, 0.4) is 0 Å². The van der Waals surface area contributed by atoms with Crippen LogP contribution in [0.1, 0.15) is 11.1 Å². The monoisotopic (exact) mass is 456 g/mol. The summed E-state index contributed by atoms with van der Waals surface area (Å²) in [6, 6.07) is 25.1. The minimum Gasteiger partial charge on any atom is -0.125 e. The molecule has 0 aliphatic rings. The van der Waals surface area contributed by atoms with Gasteiger partial charge in [-0.2, -0.15) is 0 Å². The van der Waals surface area contributed by atoms with E-state index in [1.807, 2.05) is 0 Å². The Morgan fingerprint density at radius 3 is 2.04 bits per heavy atom. The highest BCUT2D eigenvalue weighted by Crippen LogP contribution is 2.15. The number of aromatic nitrogens is 3. The smallest absolute Gasteiger partial charge is 0.125 e. The van der Waals surface area contributed by atoms with Crippen molar-refractivity contribution in [3.63, 3.8) is 0 Å². The first kappa shape index (κ1) is 16.5. The Kier molecular flexibility index (Phi) is 4.68. The zero-order valence-corrected chi connectivity index (χ0v) is 16.6. The molecular weight excluding hydrogens is 442 g/mol. The first-order valence-electron chi connectivity index (χ1n) is 8.03. The van der Waals surface area contributed by atoms with Crippen molar-refractivity contribution >= 4 is 42.9 Å². The van der Waals surface area contributed by atoms with Crippen LogP contribution in [-0.4, -0.2) is 9.90 Å². The largest absolute Gasteiger partial charge is 0.198 e. The summed E-state index contributed by atoms with van der Waals surface area (Å²) in [6.45, 7) is 1.50. The molecule has 5 heteroatoms. The van der Waals surface area contributed by atoms with Crippen LogP contribution < -0.4 is 4.68 Å². The molecule has 0 aliphatic heterocycles. The van der Waals surface area contributed by atoms with Gasteiger partial charge in [-0.15, -0.1) is 9.36 Å². The summed E-state index contributed by atoms with van der Waals surface area (Å²) >= 11 is 6.97. The van der Waals surface area contributed by atoms with E-state index >= 15 is 0 Å². The zero-order valence-electron chi connectivity index (χ0n) is 13.4. The predicted octanol–water partition coefficient (Wildman–Crippen LogP) is 4.95. The van der Waals surface area contributed by atoms with Crippen LogP contribution in [0.5, 0.6) is 0 Å². The Hall–Kier alpha value is -1.98. The first-order valence-corrected chi connectivity index (χ1v) is 9.62. The highest BCUT2D eigenvalue weighted by atomic mass is 79.9. The van der Waals surface area contributed by atoms with Gasteiger partial charge in [0.2, 0.25) is 0 Å². The van der Waals surface area contributed by atoms with E-state index in [2.05, 4.69) is 114 Å². The van der Waals surface area contributed by atoms with Crippen LogP contribution in [0, 0.1) is 0 Å². The second kappa shape index (κ2) is 7.10. The van der Waals surface area contributed by atoms with E-state index in [-0.39, 0.29) is 0 Å². The number of nitrogens with zero attached hydrogens (tertiary/aromatic N) is 3. The number of hydrogen-bond donors (Lipinski definition) is 0. The molecule has 4 aromatic rings. The number of halogens is 2. The molecule has 0 radical (unpaired) electrons. The molecule has 3 aromatic carbocycles. The molecule has 0 amide bonds. The fourth-order valence-electron chi connectivity index (χ4n) is 2.89. The molecule has 0 unspecified atom stereocenters. The Bertz CT molecular complexity index is 924. The van der Waals surface area contributed by atoms with Crippen molar-refractivity contribution in [2.45, 2.75) is 13.1 Å². The second-order valence-corrected chi connectivity index (χ2v) is 7.78. The molecule has 25 heavy (non-hydrogen) atoms. The van der Waals surface area contributed by atoms with Crippen molar-refractivity contribution in [2.24, 2.45) is 0 Å². The quantitative estimate of drug-likeness (QED) is 0.397. The van der Waals surface area contributed by atoms with Crippen molar-refractivity contribution in [3.8, 4) is 0 Å². The van der Waals surface area contributed by atoms with Crippen molar-refractivity contribution in [2.75, 3.05) is 0 Å². The van der Waals surface area contributed by atoms with Crippen LogP contribution in [0.15, 0.2) is 81.7 Å². The standard InChI is InChI=1S/C20H16Br2N3/c21-17-9-5-15(6-10-17)13-24-19-3-1-2-4-20(19)25(23-24)14-16-7-11-18(22)12-8-16/h1-12H,13-14H2/q+1. The SMILES string of the molecule is Brc1ccc(Cn2n[n+](Cc3ccc(Br)cc3)c3ccccc32)cc1. The average molecular weight is 458 g/mol. The third kappa shape index (κ3) is 3.67. The zero-order chi connectivity index (χ0) is 17.2. The summed E-state index contributed by atoms with van der Waals surface area (Å²) in [4.78, 5) is 0. The van der Waals surface area contributed by atoms with Gasteiger partial charge >= 0.3 is 0 Å². The van der Waals surface area contributed by atoms with Crippen molar-refractivity contribution < 1.29 is 4.68 Å². The van der Waals surface area contributed by atoms with Gasteiger partial charge in [0.15, 0.2) is 11.0 Å². The van der Waals surface area contributed by atoms with Gasteiger partial charge in [0.05, 0.1) is 5.21 Å².